The first-order chi connectivity index (χ1) is 15.9. The smallest absolute Gasteiger partial charge is 0.332 e. The molecule has 0 fully saturated rings. The van der Waals surface area contributed by atoms with Crippen LogP contribution in [-0.2, 0) is 14.1 Å². The molecule has 9 heteroatoms. The Labute approximate surface area is 187 Å². The zero-order valence-electron chi connectivity index (χ0n) is 17.9. The highest BCUT2D eigenvalue weighted by Crippen LogP contribution is 2.25. The molecule has 0 saturated heterocycles. The van der Waals surface area contributed by atoms with Gasteiger partial charge in [0, 0.05) is 20.3 Å². The van der Waals surface area contributed by atoms with Crippen molar-refractivity contribution in [2.75, 3.05) is 0 Å². The first kappa shape index (κ1) is 20.4. The highest BCUT2D eigenvalue weighted by atomic mass is 16.2. The summed E-state index contributed by atoms with van der Waals surface area (Å²) in [4.78, 5) is 49.6. The Bertz CT molecular complexity index is 1630. The Hall–Kier alpha value is -4.53. The lowest BCUT2D eigenvalue weighted by molar-refractivity contribution is 0.0942. The molecule has 33 heavy (non-hydrogen) atoms. The number of hydrogen-bond donors (Lipinski definition) is 2. The fraction of sp³-hybridized carbons (Fsp3) is 0.125. The van der Waals surface area contributed by atoms with Gasteiger partial charge in [-0.05, 0) is 29.3 Å². The second-order valence-corrected chi connectivity index (χ2v) is 7.80. The topological polar surface area (TPSA) is 115 Å². The van der Waals surface area contributed by atoms with Gasteiger partial charge in [0.1, 0.15) is 5.65 Å². The second kappa shape index (κ2) is 7.86. The Morgan fingerprint density at radius 1 is 0.970 bits per heavy atom. The van der Waals surface area contributed by atoms with Crippen LogP contribution in [0.2, 0.25) is 0 Å². The van der Waals surface area contributed by atoms with Crippen LogP contribution in [0.25, 0.3) is 22.1 Å². The molecule has 5 rings (SSSR count). The van der Waals surface area contributed by atoms with Gasteiger partial charge in [-0.3, -0.25) is 18.7 Å². The number of amides is 1. The van der Waals surface area contributed by atoms with Crippen molar-refractivity contribution in [3.63, 3.8) is 0 Å². The number of aromatic amines is 1. The molecule has 3 aromatic heterocycles. The summed E-state index contributed by atoms with van der Waals surface area (Å²) in [6, 6.07) is 16.4. The molecule has 0 aliphatic carbocycles. The largest absolute Gasteiger partial charge is 0.345 e. The number of benzene rings is 2. The minimum absolute atomic E-state index is 0.197. The Morgan fingerprint density at radius 2 is 1.76 bits per heavy atom. The summed E-state index contributed by atoms with van der Waals surface area (Å²) >= 11 is 0. The number of hydrogen-bond acceptors (Lipinski definition) is 5. The zero-order valence-corrected chi connectivity index (χ0v) is 17.9. The number of pyridine rings is 1. The van der Waals surface area contributed by atoms with Crippen LogP contribution >= 0.6 is 0 Å². The van der Waals surface area contributed by atoms with Gasteiger partial charge in [0.2, 0.25) is 0 Å². The number of imidazole rings is 1. The van der Waals surface area contributed by atoms with E-state index in [4.69, 9.17) is 0 Å². The number of carbonyl (C=O) groups excluding carboxylic acids is 1. The van der Waals surface area contributed by atoms with Crippen molar-refractivity contribution >= 4 is 28.0 Å². The van der Waals surface area contributed by atoms with Gasteiger partial charge in [-0.2, -0.15) is 0 Å². The molecule has 1 amide bonds. The van der Waals surface area contributed by atoms with Crippen LogP contribution in [0.4, 0.5) is 0 Å². The van der Waals surface area contributed by atoms with Crippen molar-refractivity contribution in [1.82, 2.24) is 29.4 Å². The summed E-state index contributed by atoms with van der Waals surface area (Å²) in [5.41, 5.74) is 2.94. The number of H-pyrrole nitrogens is 1. The van der Waals surface area contributed by atoms with Crippen molar-refractivity contribution in [3.05, 3.63) is 105 Å². The van der Waals surface area contributed by atoms with Gasteiger partial charge in [0.15, 0.2) is 0 Å². The van der Waals surface area contributed by atoms with Crippen molar-refractivity contribution in [2.24, 2.45) is 14.1 Å². The van der Waals surface area contributed by atoms with E-state index in [0.29, 0.717) is 0 Å². The van der Waals surface area contributed by atoms with E-state index in [1.165, 1.54) is 30.9 Å². The number of fused-ring (bicyclic) bond motifs is 2. The molecule has 1 atom stereocenters. The van der Waals surface area contributed by atoms with E-state index in [1.54, 1.807) is 6.33 Å². The highest BCUT2D eigenvalue weighted by molar-refractivity contribution is 5.97. The predicted octanol–water partition coefficient (Wildman–Crippen LogP) is 2.03. The number of aryl methyl sites for hydroxylation is 1. The van der Waals surface area contributed by atoms with Crippen LogP contribution in [0.3, 0.4) is 0 Å². The van der Waals surface area contributed by atoms with E-state index in [9.17, 15) is 14.4 Å². The normalized spacial score (nSPS) is 12.2. The molecule has 2 aromatic carbocycles. The quantitative estimate of drug-likeness (QED) is 0.444. The number of aromatic nitrogens is 5. The standard InChI is InChI=1S/C24H20N6O3/c1-29-21-17(23(32)30(2)24(29)33)10-16(12-25-21)22(31)28-20(14-6-4-3-5-7-14)15-8-9-18-19(11-15)27-13-26-18/h3-13,20H,1-2H3,(H,26,27)(H,28,31). The van der Waals surface area contributed by atoms with Crippen LogP contribution in [0.15, 0.2) is 76.7 Å². The van der Waals surface area contributed by atoms with Gasteiger partial charge < -0.3 is 10.3 Å². The van der Waals surface area contributed by atoms with E-state index in [-0.39, 0.29) is 22.5 Å². The van der Waals surface area contributed by atoms with Gasteiger partial charge in [-0.15, -0.1) is 0 Å². The van der Waals surface area contributed by atoms with Gasteiger partial charge >= 0.3 is 5.69 Å². The molecule has 0 bridgehead atoms. The Kier molecular flexibility index (Phi) is 4.86. The van der Waals surface area contributed by atoms with Crippen LogP contribution in [-0.4, -0.2) is 30.0 Å². The molecule has 0 aliphatic rings. The number of nitrogens with one attached hydrogen (secondary N) is 2. The maximum Gasteiger partial charge on any atom is 0.332 e. The van der Waals surface area contributed by atoms with Crippen molar-refractivity contribution in [2.45, 2.75) is 6.04 Å². The molecule has 3 heterocycles. The molecule has 9 nitrogen and oxygen atoms in total. The third-order valence-electron chi connectivity index (χ3n) is 5.74. The molecular weight excluding hydrogens is 420 g/mol. The molecule has 164 valence electrons. The lowest BCUT2D eigenvalue weighted by Crippen LogP contribution is -2.37. The number of carbonyl (C=O) groups is 1. The average molecular weight is 440 g/mol. The van der Waals surface area contributed by atoms with Gasteiger partial charge in [-0.1, -0.05) is 36.4 Å². The van der Waals surface area contributed by atoms with E-state index in [1.807, 2.05) is 48.5 Å². The molecule has 0 aliphatic heterocycles. The third kappa shape index (κ3) is 3.49. The summed E-state index contributed by atoms with van der Waals surface area (Å²) < 4.78 is 2.28. The van der Waals surface area contributed by atoms with Crippen molar-refractivity contribution in [1.29, 1.82) is 0 Å². The SMILES string of the molecule is Cn1c(=O)c2cc(C(=O)NC(c3ccccc3)c3ccc4nc[nH]c4c3)cnc2n(C)c1=O. The van der Waals surface area contributed by atoms with Gasteiger partial charge in [0.25, 0.3) is 11.5 Å². The first-order valence-electron chi connectivity index (χ1n) is 10.3. The second-order valence-electron chi connectivity index (χ2n) is 7.80. The van der Waals surface area contributed by atoms with E-state index in [0.717, 1.165) is 26.7 Å². The molecule has 0 radical (unpaired) electrons. The monoisotopic (exact) mass is 440 g/mol. The highest BCUT2D eigenvalue weighted by Gasteiger charge is 2.20. The molecule has 5 aromatic rings. The van der Waals surface area contributed by atoms with Crippen molar-refractivity contribution < 1.29 is 4.79 Å². The fourth-order valence-electron chi connectivity index (χ4n) is 3.94. The minimum atomic E-state index is -0.500. The summed E-state index contributed by atoms with van der Waals surface area (Å²) in [7, 11) is 2.93. The van der Waals surface area contributed by atoms with E-state index < -0.39 is 17.3 Å². The average Bonchev–Trinajstić information content (AvgIpc) is 3.32. The van der Waals surface area contributed by atoms with Crippen LogP contribution in [0.1, 0.15) is 27.5 Å². The van der Waals surface area contributed by atoms with Gasteiger partial charge in [0.05, 0.1) is 34.4 Å². The summed E-state index contributed by atoms with van der Waals surface area (Å²) in [5, 5.41) is 3.25. The number of rotatable bonds is 4. The first-order valence-corrected chi connectivity index (χ1v) is 10.3. The number of nitrogens with zero attached hydrogens (tertiary/aromatic N) is 4. The molecule has 2 N–H and O–H groups in total. The van der Waals surface area contributed by atoms with Crippen molar-refractivity contribution in [3.8, 4) is 0 Å². The van der Waals surface area contributed by atoms with Crippen LogP contribution < -0.4 is 16.6 Å². The maximum atomic E-state index is 13.3. The lowest BCUT2D eigenvalue weighted by Gasteiger charge is -2.20. The van der Waals surface area contributed by atoms with Crippen LogP contribution in [0.5, 0.6) is 0 Å². The lowest BCUT2D eigenvalue weighted by atomic mass is 9.98. The van der Waals surface area contributed by atoms with Gasteiger partial charge in [-0.25, -0.2) is 14.8 Å². The molecule has 1 unspecified atom stereocenters. The predicted molar refractivity (Wildman–Crippen MR) is 124 cm³/mol. The van der Waals surface area contributed by atoms with E-state index in [2.05, 4.69) is 20.3 Å². The third-order valence-corrected chi connectivity index (χ3v) is 5.74. The summed E-state index contributed by atoms with van der Waals surface area (Å²) in [5.74, 6) is -0.390. The molecule has 0 spiro atoms. The zero-order chi connectivity index (χ0) is 23.1. The Balaban J connectivity index is 1.57. The Morgan fingerprint density at radius 3 is 2.55 bits per heavy atom. The minimum Gasteiger partial charge on any atom is -0.345 e. The fourth-order valence-corrected chi connectivity index (χ4v) is 3.94. The summed E-state index contributed by atoms with van der Waals surface area (Å²) in [6.07, 6.45) is 3.00. The maximum absolute atomic E-state index is 13.3. The summed E-state index contributed by atoms with van der Waals surface area (Å²) in [6.45, 7) is 0. The molecule has 0 saturated carbocycles. The van der Waals surface area contributed by atoms with Crippen LogP contribution in [0, 0.1) is 0 Å². The van der Waals surface area contributed by atoms with E-state index >= 15 is 0 Å². The molecular formula is C24H20N6O3.